The predicted molar refractivity (Wildman–Crippen MR) is 486 cm³/mol. The van der Waals surface area contributed by atoms with Crippen LogP contribution in [0, 0.1) is 0 Å². The Balaban J connectivity index is 0.000000138. The summed E-state index contributed by atoms with van der Waals surface area (Å²) in [6, 6.07) is 128. The molecule has 0 radical (unpaired) electrons. The Labute approximate surface area is 681 Å². The summed E-state index contributed by atoms with van der Waals surface area (Å²) >= 11 is 0. The number of para-hydroxylation sites is 6. The van der Waals surface area contributed by atoms with Crippen molar-refractivity contribution in [2.45, 2.75) is 32.4 Å². The summed E-state index contributed by atoms with van der Waals surface area (Å²) in [6.07, 6.45) is 0. The van der Waals surface area contributed by atoms with Crippen LogP contribution in [0.1, 0.15) is 25.0 Å². The number of nitrogens with zero attached hydrogens (tertiary/aromatic N) is 8. The minimum absolute atomic E-state index is 0.160. The van der Waals surface area contributed by atoms with Crippen molar-refractivity contribution in [1.29, 1.82) is 0 Å². The van der Waals surface area contributed by atoms with Crippen LogP contribution < -0.4 is 10.4 Å². The maximum Gasteiger partial charge on any atom is 0.166 e. The van der Waals surface area contributed by atoms with E-state index in [1.807, 2.05) is 48.5 Å². The summed E-state index contributed by atoms with van der Waals surface area (Å²) < 4.78 is 18.8. The van der Waals surface area contributed by atoms with Gasteiger partial charge in [-0.3, -0.25) is 0 Å². The highest BCUT2D eigenvalue weighted by Gasteiger charge is 2.39. The van der Waals surface area contributed by atoms with Gasteiger partial charge in [-0.15, -0.1) is 0 Å². The van der Waals surface area contributed by atoms with Crippen molar-refractivity contribution >= 4 is 106 Å². The molecule has 0 bridgehead atoms. The number of aromatic nitrogens is 8. The molecule has 1 aliphatic carbocycles. The van der Waals surface area contributed by atoms with Gasteiger partial charge in [0.15, 0.2) is 46.1 Å². The van der Waals surface area contributed by atoms with E-state index in [0.29, 0.717) is 34.9 Å². The third-order valence-electron chi connectivity index (χ3n) is 24.6. The molecule has 118 heavy (non-hydrogen) atoms. The Hall–Kier alpha value is -15.0. The summed E-state index contributed by atoms with van der Waals surface area (Å²) in [5, 5.41) is 11.7. The zero-order valence-electron chi connectivity index (χ0n) is 65.0. The topological polar surface area (TPSA) is 113 Å². The molecular formula is C107H72N8O2Si. The standard InChI is InChI=1S/C54H36N4O.C53H36N4OSi/c1-54(2)44-25-12-9-20-37(44)38-29-28-35(32-45(38)54)52-55-51(34-18-7-4-8-19-34)56-53(57-52)43-22-11-14-27-47(43)58-46-26-13-10-21-39(46)40-30-31-42-41-24-15-23-36(33-16-5-3-6-17-33)49(41)59-50(42)48(40)58;1-59(2)46-27-14-11-21-38(46)39-29-28-35(32-47(39)59)52-54-51(34-18-7-4-8-19-34)55-53(56-52)43-22-10-13-26-45(43)57-44-25-12-9-20-37(44)40-30-31-42-41-24-15-23-36(33-16-5-3-6-17-33)49(41)58-50(42)48(40)57/h2*3-32H,1-2H3. The fourth-order valence-electron chi connectivity index (χ4n) is 18.9. The predicted octanol–water partition coefficient (Wildman–Crippen LogP) is 26.2. The molecule has 1 aliphatic heterocycles. The first-order valence-corrected chi connectivity index (χ1v) is 43.2. The zero-order valence-corrected chi connectivity index (χ0v) is 66.0. The van der Waals surface area contributed by atoms with Gasteiger partial charge in [0, 0.05) is 93.0 Å². The Morgan fingerprint density at radius 1 is 0.237 bits per heavy atom. The lowest BCUT2D eigenvalue weighted by atomic mass is 9.82. The first-order valence-electron chi connectivity index (χ1n) is 40.2. The molecule has 6 aromatic heterocycles. The van der Waals surface area contributed by atoms with Crippen molar-refractivity contribution in [2.24, 2.45) is 0 Å². The highest BCUT2D eigenvalue weighted by molar-refractivity contribution is 7.03. The van der Waals surface area contributed by atoms with E-state index in [-0.39, 0.29) is 5.41 Å². The molecule has 0 saturated heterocycles. The van der Waals surface area contributed by atoms with Crippen molar-refractivity contribution in [3.05, 3.63) is 375 Å². The van der Waals surface area contributed by atoms with E-state index in [0.717, 1.165) is 154 Å². The summed E-state index contributed by atoms with van der Waals surface area (Å²) in [6.45, 7) is 9.50. The lowest BCUT2D eigenvalue weighted by molar-refractivity contribution is 0.660. The molecular weight excluding hydrogens is 1460 g/mol. The Kier molecular flexibility index (Phi) is 15.6. The zero-order chi connectivity index (χ0) is 78.5. The number of benzene rings is 16. The summed E-state index contributed by atoms with van der Waals surface area (Å²) in [4.78, 5) is 31.5. The second kappa shape index (κ2) is 26.8. The molecule has 11 heteroatoms. The van der Waals surface area contributed by atoms with Crippen LogP contribution in [0.3, 0.4) is 0 Å². The minimum atomic E-state index is -1.94. The van der Waals surface area contributed by atoms with E-state index in [4.69, 9.17) is 38.7 Å². The molecule has 556 valence electrons. The molecule has 0 amide bonds. The number of furan rings is 2. The van der Waals surface area contributed by atoms with Gasteiger partial charge in [0.1, 0.15) is 19.2 Å². The van der Waals surface area contributed by atoms with Gasteiger partial charge in [-0.1, -0.05) is 336 Å². The molecule has 16 aromatic carbocycles. The van der Waals surface area contributed by atoms with E-state index in [9.17, 15) is 0 Å². The van der Waals surface area contributed by atoms with E-state index < -0.39 is 8.07 Å². The van der Waals surface area contributed by atoms with Crippen LogP contribution in [0.4, 0.5) is 0 Å². The number of hydrogen-bond donors (Lipinski definition) is 0. The summed E-state index contributed by atoms with van der Waals surface area (Å²) in [7, 11) is -1.94. The number of fused-ring (bicyclic) bond motifs is 20. The van der Waals surface area contributed by atoms with Gasteiger partial charge in [-0.25, -0.2) is 29.9 Å². The Morgan fingerprint density at radius 2 is 0.585 bits per heavy atom. The fraction of sp³-hybridized carbons (Fsp3) is 0.0467. The van der Waals surface area contributed by atoms with Gasteiger partial charge in [-0.05, 0) is 109 Å². The monoisotopic (exact) mass is 1530 g/mol. The van der Waals surface area contributed by atoms with Gasteiger partial charge in [0.2, 0.25) is 0 Å². The van der Waals surface area contributed by atoms with E-state index in [2.05, 4.69) is 352 Å². The van der Waals surface area contributed by atoms with Crippen LogP contribution in [-0.2, 0) is 5.41 Å². The van der Waals surface area contributed by atoms with Crippen LogP contribution in [0.2, 0.25) is 13.1 Å². The second-order valence-corrected chi connectivity index (χ2v) is 36.3. The van der Waals surface area contributed by atoms with Crippen LogP contribution in [-0.4, -0.2) is 47.1 Å². The molecule has 7 heterocycles. The van der Waals surface area contributed by atoms with Gasteiger partial charge in [-0.2, -0.15) is 0 Å². The molecule has 0 N–H and O–H groups in total. The average Bonchev–Trinajstić information content (AvgIpc) is 1.47. The van der Waals surface area contributed by atoms with Gasteiger partial charge < -0.3 is 18.0 Å². The van der Waals surface area contributed by atoms with Crippen LogP contribution in [0.15, 0.2) is 373 Å². The Bertz CT molecular complexity index is 7410. The molecule has 22 aromatic rings. The molecule has 2 aliphatic rings. The molecule has 0 atom stereocenters. The molecule has 24 rings (SSSR count). The third-order valence-corrected chi connectivity index (χ3v) is 28.1. The smallest absolute Gasteiger partial charge is 0.166 e. The first kappa shape index (κ1) is 68.5. The summed E-state index contributed by atoms with van der Waals surface area (Å²) in [5.41, 5.74) is 27.2. The fourth-order valence-corrected chi connectivity index (χ4v) is 22.0. The van der Waals surface area contributed by atoms with E-state index in [1.165, 1.54) is 43.8 Å². The van der Waals surface area contributed by atoms with E-state index >= 15 is 0 Å². The quantitative estimate of drug-likeness (QED) is 0.124. The highest BCUT2D eigenvalue weighted by Crippen LogP contribution is 2.51. The van der Waals surface area contributed by atoms with Crippen molar-refractivity contribution in [2.75, 3.05) is 0 Å². The van der Waals surface area contributed by atoms with Crippen LogP contribution >= 0.6 is 0 Å². The van der Waals surface area contributed by atoms with Crippen molar-refractivity contribution in [3.8, 4) is 124 Å². The maximum atomic E-state index is 7.06. The van der Waals surface area contributed by atoms with Crippen LogP contribution in [0.5, 0.6) is 0 Å². The summed E-state index contributed by atoms with van der Waals surface area (Å²) in [5.74, 6) is 3.76. The molecule has 0 unspecified atom stereocenters. The largest absolute Gasteiger partial charge is 0.453 e. The molecule has 0 saturated carbocycles. The lowest BCUT2D eigenvalue weighted by Crippen LogP contribution is -2.49. The van der Waals surface area contributed by atoms with E-state index in [1.54, 1.807) is 0 Å². The van der Waals surface area contributed by atoms with Crippen molar-refractivity contribution in [1.82, 2.24) is 39.0 Å². The van der Waals surface area contributed by atoms with Crippen LogP contribution in [0.25, 0.3) is 212 Å². The maximum absolute atomic E-state index is 7.06. The lowest BCUT2D eigenvalue weighted by Gasteiger charge is -2.21. The van der Waals surface area contributed by atoms with Gasteiger partial charge in [0.25, 0.3) is 0 Å². The van der Waals surface area contributed by atoms with Crippen molar-refractivity contribution in [3.63, 3.8) is 0 Å². The number of hydrogen-bond acceptors (Lipinski definition) is 8. The molecule has 0 spiro atoms. The highest BCUT2D eigenvalue weighted by atomic mass is 28.3. The molecule has 0 fully saturated rings. The normalized spacial score (nSPS) is 13.1. The van der Waals surface area contributed by atoms with Crippen molar-refractivity contribution < 1.29 is 8.83 Å². The first-order chi connectivity index (χ1) is 58.1. The number of rotatable bonds is 10. The van der Waals surface area contributed by atoms with Gasteiger partial charge in [0.05, 0.1) is 33.4 Å². The third kappa shape index (κ3) is 10.7. The second-order valence-electron chi connectivity index (χ2n) is 31.9. The molecule has 10 nitrogen and oxygen atoms in total. The average molecular weight is 1530 g/mol. The Morgan fingerprint density at radius 3 is 1.09 bits per heavy atom. The minimum Gasteiger partial charge on any atom is -0.453 e. The van der Waals surface area contributed by atoms with Gasteiger partial charge >= 0.3 is 0 Å². The SMILES string of the molecule is CC1(C)c2ccccc2-c2ccc(-c3nc(-c4ccccc4)nc(-c4ccccc4-n4c5ccccc5c5ccc6c7cccc(-c8ccccc8)c7oc6c54)n3)cc21.C[Si]1(C)c2ccccc2-c2ccc(-c3nc(-c4ccccc4)nc(-c4ccccc4-n4c5ccccc5c5ccc6c7cccc(-c8ccccc8)c7oc6c54)n3)cc21.